The Morgan fingerprint density at radius 1 is 1.00 bits per heavy atom. The molecule has 0 nitrogen and oxygen atoms in total. The number of hydrogen-bond acceptors (Lipinski definition) is 0. The molecule has 0 aliphatic rings. The molecule has 0 aromatic heterocycles. The van der Waals surface area contributed by atoms with Crippen LogP contribution in [0.1, 0.15) is 19.8 Å². The van der Waals surface area contributed by atoms with Crippen molar-refractivity contribution in [1.82, 2.24) is 0 Å². The van der Waals surface area contributed by atoms with Crippen molar-refractivity contribution in [3.63, 3.8) is 0 Å². The molecule has 0 N–H and O–H groups in total. The Hall–Kier alpha value is 0.553. The predicted octanol–water partition coefficient (Wildman–Crippen LogP) is 4.47. The molecule has 0 fully saturated rings. The topological polar surface area (TPSA) is 0 Å². The molecular weight excluding hydrogens is 292 g/mol. The Morgan fingerprint density at radius 3 is 1.69 bits per heavy atom. The first-order valence-corrected chi connectivity index (χ1v) is 2.97. The van der Waals surface area contributed by atoms with E-state index in [1.54, 1.807) is 0 Å². The fraction of sp³-hybridized carbons (Fsp3) is 0.300. The van der Waals surface area contributed by atoms with Crippen LogP contribution in [0.2, 0.25) is 0 Å². The average Bonchev–Trinajstić information content (AvgIpc) is 1.81. The third-order valence-electron chi connectivity index (χ3n) is 0.902. The van der Waals surface area contributed by atoms with Crippen molar-refractivity contribution in [3.8, 4) is 0 Å². The summed E-state index contributed by atoms with van der Waals surface area (Å²) in [6, 6.07) is 0. The van der Waals surface area contributed by atoms with E-state index in [0.29, 0.717) is 0 Å². The van der Waals surface area contributed by atoms with E-state index in [4.69, 9.17) is 0 Å². The molecule has 0 aliphatic carbocycles. The largest absolute Gasteiger partial charge is 3.00 e. The molecule has 3 heteroatoms. The second-order valence-electron chi connectivity index (χ2n) is 1.62. The Labute approximate surface area is 110 Å². The molecule has 13 heavy (non-hydrogen) atoms. The summed E-state index contributed by atoms with van der Waals surface area (Å²) >= 11 is 0. The monoisotopic (exact) mass is 313 g/mol. The van der Waals surface area contributed by atoms with Gasteiger partial charge in [-0.15, -0.1) is 24.8 Å². The van der Waals surface area contributed by atoms with E-state index in [9.17, 15) is 0 Å². The second kappa shape index (κ2) is 39.0. The van der Waals surface area contributed by atoms with Crippen molar-refractivity contribution in [3.05, 3.63) is 46.1 Å². The molecule has 0 aromatic carbocycles. The molecule has 0 atom stereocenters. The van der Waals surface area contributed by atoms with Crippen molar-refractivity contribution >= 4 is 24.8 Å². The number of allylic oxidation sites excluding steroid dienone is 4. The summed E-state index contributed by atoms with van der Waals surface area (Å²) in [5.41, 5.74) is 0. The van der Waals surface area contributed by atoms with Gasteiger partial charge in [0.15, 0.2) is 0 Å². The quantitative estimate of drug-likeness (QED) is 0.312. The number of hydrogen-bond donors (Lipinski definition) is 0. The van der Waals surface area contributed by atoms with Crippen LogP contribution in [0.15, 0.2) is 24.3 Å². The summed E-state index contributed by atoms with van der Waals surface area (Å²) in [6.07, 6.45) is 10.4. The zero-order valence-corrected chi connectivity index (χ0v) is 12.0. The first-order chi connectivity index (χ1) is 3.91. The van der Waals surface area contributed by atoms with Gasteiger partial charge >= 0.3 is 19.5 Å². The molecule has 0 aliphatic heterocycles. The molecule has 0 bridgehead atoms. The first kappa shape index (κ1) is 37.4. The van der Waals surface area contributed by atoms with Crippen LogP contribution in [-0.2, 0) is 19.5 Å². The van der Waals surface area contributed by atoms with Crippen LogP contribution in [0, 0.1) is 21.8 Å². The first-order valence-electron chi connectivity index (χ1n) is 2.97. The van der Waals surface area contributed by atoms with Gasteiger partial charge < -0.3 is 14.9 Å². The van der Waals surface area contributed by atoms with Crippen LogP contribution in [-0.4, -0.2) is 0 Å². The van der Waals surface area contributed by atoms with Crippen LogP contribution < -0.4 is 0 Å². The summed E-state index contributed by atoms with van der Waals surface area (Å²) in [5.74, 6) is 0. The van der Waals surface area contributed by atoms with Crippen molar-refractivity contribution in [1.29, 1.82) is 0 Å². The summed E-state index contributed by atoms with van der Waals surface area (Å²) in [7, 11) is 0. The Kier molecular flexibility index (Phi) is 112. The normalized spacial score (nSPS) is 7.15. The third kappa shape index (κ3) is 45.3. The summed E-state index contributed by atoms with van der Waals surface area (Å²) in [6.45, 7) is 5.61. The van der Waals surface area contributed by atoms with Crippen LogP contribution >= 0.6 is 24.8 Å². The van der Waals surface area contributed by atoms with Crippen LogP contribution in [0.4, 0.5) is 0 Å². The van der Waals surface area contributed by atoms with Gasteiger partial charge in [0.1, 0.15) is 0 Å². The molecule has 0 aromatic rings. The van der Waals surface area contributed by atoms with Gasteiger partial charge in [-0.05, 0) is 13.3 Å². The minimum absolute atomic E-state index is 0. The summed E-state index contributed by atoms with van der Waals surface area (Å²) in [5, 5.41) is 0. The second-order valence-corrected chi connectivity index (χ2v) is 1.62. The SMILES string of the molecule is Cl.Cl.[CH2-]C=CCCC=CC.[CH3-].[CH3-].[Ru+3]. The molecular formula is C10H21Cl2Ru. The third-order valence-corrected chi connectivity index (χ3v) is 0.902. The van der Waals surface area contributed by atoms with Crippen LogP contribution in [0.25, 0.3) is 0 Å². The van der Waals surface area contributed by atoms with Crippen molar-refractivity contribution in [2.24, 2.45) is 0 Å². The molecule has 0 rings (SSSR count). The minimum Gasteiger partial charge on any atom is -0.358 e. The fourth-order valence-electron chi connectivity index (χ4n) is 0.477. The number of unbranched alkanes of at least 4 members (excludes halogenated alkanes) is 1. The van der Waals surface area contributed by atoms with Gasteiger partial charge in [-0.2, -0.15) is 0 Å². The summed E-state index contributed by atoms with van der Waals surface area (Å²) < 4.78 is 0. The smallest absolute Gasteiger partial charge is 0.358 e. The number of halogens is 2. The molecule has 0 amide bonds. The van der Waals surface area contributed by atoms with E-state index in [0.717, 1.165) is 12.8 Å². The van der Waals surface area contributed by atoms with Gasteiger partial charge in [-0.25, -0.2) is 19.1 Å². The summed E-state index contributed by atoms with van der Waals surface area (Å²) in [4.78, 5) is 0. The maximum Gasteiger partial charge on any atom is 3.00 e. The molecule has 1 radical (unpaired) electrons. The van der Waals surface area contributed by atoms with Gasteiger partial charge in [0.05, 0.1) is 0 Å². The van der Waals surface area contributed by atoms with Crippen molar-refractivity contribution < 1.29 is 19.5 Å². The molecule has 0 spiro atoms. The van der Waals surface area contributed by atoms with Crippen molar-refractivity contribution in [2.45, 2.75) is 19.8 Å². The van der Waals surface area contributed by atoms with E-state index in [1.165, 1.54) is 0 Å². The van der Waals surface area contributed by atoms with Gasteiger partial charge in [0.25, 0.3) is 0 Å². The molecule has 0 heterocycles. The zero-order chi connectivity index (χ0) is 6.24. The van der Waals surface area contributed by atoms with E-state index >= 15 is 0 Å². The minimum atomic E-state index is 0. The van der Waals surface area contributed by atoms with E-state index in [-0.39, 0.29) is 59.1 Å². The maximum atomic E-state index is 3.58. The Morgan fingerprint density at radius 2 is 1.38 bits per heavy atom. The molecule has 0 unspecified atom stereocenters. The fourth-order valence-corrected chi connectivity index (χ4v) is 0.477. The molecule has 0 saturated heterocycles. The number of rotatable bonds is 3. The van der Waals surface area contributed by atoms with Gasteiger partial charge in [0.2, 0.25) is 0 Å². The van der Waals surface area contributed by atoms with Gasteiger partial charge in [-0.3, -0.25) is 0 Å². The van der Waals surface area contributed by atoms with E-state index in [1.807, 2.05) is 13.0 Å². The van der Waals surface area contributed by atoms with Gasteiger partial charge in [0, 0.05) is 0 Å². The Bertz CT molecular complexity index is 78.9. The van der Waals surface area contributed by atoms with Crippen LogP contribution in [0.3, 0.4) is 0 Å². The van der Waals surface area contributed by atoms with Crippen molar-refractivity contribution in [2.75, 3.05) is 0 Å². The molecule has 0 saturated carbocycles. The van der Waals surface area contributed by atoms with Gasteiger partial charge in [-0.1, -0.05) is 18.6 Å². The predicted molar refractivity (Wildman–Crippen MR) is 65.9 cm³/mol. The van der Waals surface area contributed by atoms with Crippen LogP contribution in [0.5, 0.6) is 0 Å². The molecule has 83 valence electrons. The average molecular weight is 313 g/mol. The Balaban J connectivity index is -0.0000000245. The maximum absolute atomic E-state index is 3.58. The standard InChI is InChI=1S/C8H13.2CH3.2ClH.Ru/c1-3-5-7-8-6-4-2;;;;;/h3-6H,1,7-8H2,2H3;2*1H3;2*1H;/q3*-1;;;+3. The zero-order valence-electron chi connectivity index (χ0n) is 8.60. The van der Waals surface area contributed by atoms with E-state index < -0.39 is 0 Å². The van der Waals surface area contributed by atoms with E-state index in [2.05, 4.69) is 25.2 Å².